The number of benzene rings is 1. The second-order valence-corrected chi connectivity index (χ2v) is 3.83. The lowest BCUT2D eigenvalue weighted by atomic mass is 10.3. The summed E-state index contributed by atoms with van der Waals surface area (Å²) in [5.41, 5.74) is 0. The maximum atomic E-state index is 9.67. The molecular weight excluding hydrogens is 216 g/mol. The number of phenols is 1. The smallest absolute Gasteiger partial charge is 0.176 e. The molecule has 0 saturated heterocycles. The maximum absolute atomic E-state index is 9.67. The topological polar surface area (TPSA) is 47.3 Å². The van der Waals surface area contributed by atoms with E-state index in [0.717, 1.165) is 12.2 Å². The van der Waals surface area contributed by atoms with Crippen molar-refractivity contribution in [1.82, 2.24) is 9.55 Å². The molecule has 1 atom stereocenters. The van der Waals surface area contributed by atoms with Crippen LogP contribution in [0, 0.1) is 6.92 Å². The minimum absolute atomic E-state index is 0.147. The van der Waals surface area contributed by atoms with E-state index in [1.807, 2.05) is 30.7 Å². The van der Waals surface area contributed by atoms with Crippen LogP contribution in [0.5, 0.6) is 11.5 Å². The van der Waals surface area contributed by atoms with Gasteiger partial charge in [0.1, 0.15) is 5.82 Å². The van der Waals surface area contributed by atoms with E-state index >= 15 is 0 Å². The van der Waals surface area contributed by atoms with Crippen molar-refractivity contribution in [2.24, 2.45) is 0 Å². The summed E-state index contributed by atoms with van der Waals surface area (Å²) in [7, 11) is 0. The third-order valence-corrected chi connectivity index (χ3v) is 2.65. The van der Waals surface area contributed by atoms with Crippen molar-refractivity contribution in [3.63, 3.8) is 0 Å². The average Bonchev–Trinajstić information content (AvgIpc) is 2.75. The summed E-state index contributed by atoms with van der Waals surface area (Å²) >= 11 is 0. The molecule has 1 heterocycles. The van der Waals surface area contributed by atoms with E-state index in [2.05, 4.69) is 4.98 Å². The fraction of sp³-hybridized carbons (Fsp3) is 0.308. The fourth-order valence-corrected chi connectivity index (χ4v) is 1.73. The van der Waals surface area contributed by atoms with Crippen LogP contribution in [-0.2, 0) is 0 Å². The van der Waals surface area contributed by atoms with E-state index in [0.29, 0.717) is 5.75 Å². The molecule has 17 heavy (non-hydrogen) atoms. The molecule has 0 spiro atoms. The Kier molecular flexibility index (Phi) is 3.32. The van der Waals surface area contributed by atoms with Gasteiger partial charge in [0.2, 0.25) is 0 Å². The normalized spacial score (nSPS) is 12.4. The fourth-order valence-electron chi connectivity index (χ4n) is 1.73. The number of hydrogen-bond donors (Lipinski definition) is 1. The summed E-state index contributed by atoms with van der Waals surface area (Å²) in [4.78, 5) is 4.17. The van der Waals surface area contributed by atoms with Gasteiger partial charge in [-0.3, -0.25) is 4.57 Å². The van der Waals surface area contributed by atoms with Crippen molar-refractivity contribution in [2.45, 2.75) is 26.5 Å². The largest absolute Gasteiger partial charge is 0.504 e. The Labute approximate surface area is 100 Å². The van der Waals surface area contributed by atoms with Gasteiger partial charge in [-0.15, -0.1) is 0 Å². The van der Waals surface area contributed by atoms with Crippen molar-refractivity contribution in [1.29, 1.82) is 0 Å². The van der Waals surface area contributed by atoms with Crippen molar-refractivity contribution >= 4 is 0 Å². The van der Waals surface area contributed by atoms with Gasteiger partial charge < -0.3 is 9.84 Å². The van der Waals surface area contributed by atoms with Crippen molar-refractivity contribution in [3.05, 3.63) is 42.5 Å². The number of para-hydroxylation sites is 2. The zero-order valence-electron chi connectivity index (χ0n) is 10.00. The Morgan fingerprint density at radius 3 is 2.76 bits per heavy atom. The Bertz CT molecular complexity index is 494. The first-order valence-electron chi connectivity index (χ1n) is 5.66. The van der Waals surface area contributed by atoms with Crippen molar-refractivity contribution < 1.29 is 9.84 Å². The van der Waals surface area contributed by atoms with Crippen LogP contribution in [0.2, 0.25) is 0 Å². The number of imidazole rings is 1. The van der Waals surface area contributed by atoms with Gasteiger partial charge in [0.25, 0.3) is 0 Å². The highest BCUT2D eigenvalue weighted by atomic mass is 16.5. The monoisotopic (exact) mass is 232 g/mol. The van der Waals surface area contributed by atoms with Gasteiger partial charge in [-0.05, 0) is 19.1 Å². The number of hydrogen-bond acceptors (Lipinski definition) is 3. The lowest BCUT2D eigenvalue weighted by molar-refractivity contribution is 0.121. The molecule has 1 unspecified atom stereocenters. The first-order valence-corrected chi connectivity index (χ1v) is 5.66. The summed E-state index contributed by atoms with van der Waals surface area (Å²) in [6.45, 7) is 3.96. The predicted octanol–water partition coefficient (Wildman–Crippen LogP) is 2.88. The number of aromatic hydroxyl groups is 1. The molecule has 1 aromatic carbocycles. The Hall–Kier alpha value is -1.97. The Morgan fingerprint density at radius 1 is 1.41 bits per heavy atom. The van der Waals surface area contributed by atoms with E-state index < -0.39 is 0 Å². The summed E-state index contributed by atoms with van der Waals surface area (Å²) in [5, 5.41) is 9.67. The van der Waals surface area contributed by atoms with E-state index in [4.69, 9.17) is 4.74 Å². The molecule has 90 valence electrons. The van der Waals surface area contributed by atoms with Crippen LogP contribution in [0.25, 0.3) is 0 Å². The highest BCUT2D eigenvalue weighted by Gasteiger charge is 2.13. The van der Waals surface area contributed by atoms with Gasteiger partial charge in [-0.2, -0.15) is 0 Å². The standard InChI is InChI=1S/C13H16N2O2/c1-3-13(15-9-8-14-10(15)2)17-12-7-5-4-6-11(12)16/h4-9,13,16H,3H2,1-2H3. The molecule has 0 aliphatic heterocycles. The van der Waals surface area contributed by atoms with Crippen LogP contribution in [0.3, 0.4) is 0 Å². The number of aromatic nitrogens is 2. The van der Waals surface area contributed by atoms with Gasteiger partial charge in [-0.1, -0.05) is 19.1 Å². The lowest BCUT2D eigenvalue weighted by Gasteiger charge is -2.20. The van der Waals surface area contributed by atoms with Crippen LogP contribution >= 0.6 is 0 Å². The van der Waals surface area contributed by atoms with Gasteiger partial charge in [0.15, 0.2) is 17.7 Å². The summed E-state index contributed by atoms with van der Waals surface area (Å²) in [6, 6.07) is 6.97. The number of ether oxygens (including phenoxy) is 1. The molecule has 4 heteroatoms. The molecule has 0 bridgehead atoms. The molecule has 0 fully saturated rings. The number of rotatable bonds is 4. The maximum Gasteiger partial charge on any atom is 0.176 e. The zero-order valence-corrected chi connectivity index (χ0v) is 10.00. The average molecular weight is 232 g/mol. The Morgan fingerprint density at radius 2 is 2.18 bits per heavy atom. The highest BCUT2D eigenvalue weighted by molar-refractivity contribution is 5.37. The van der Waals surface area contributed by atoms with E-state index in [1.54, 1.807) is 24.4 Å². The van der Waals surface area contributed by atoms with E-state index in [9.17, 15) is 5.11 Å². The van der Waals surface area contributed by atoms with Gasteiger partial charge in [0, 0.05) is 18.8 Å². The molecule has 4 nitrogen and oxygen atoms in total. The van der Waals surface area contributed by atoms with E-state index in [1.165, 1.54) is 0 Å². The quantitative estimate of drug-likeness (QED) is 0.881. The molecule has 1 N–H and O–H groups in total. The molecule has 0 aliphatic rings. The van der Waals surface area contributed by atoms with Crippen molar-refractivity contribution in [2.75, 3.05) is 0 Å². The number of aryl methyl sites for hydroxylation is 1. The van der Waals surface area contributed by atoms with Crippen LogP contribution < -0.4 is 4.74 Å². The number of phenolic OH excluding ortho intramolecular Hbond substituents is 1. The third kappa shape index (κ3) is 2.41. The lowest BCUT2D eigenvalue weighted by Crippen LogP contribution is -2.15. The van der Waals surface area contributed by atoms with E-state index in [-0.39, 0.29) is 12.0 Å². The highest BCUT2D eigenvalue weighted by Crippen LogP contribution is 2.29. The van der Waals surface area contributed by atoms with Crippen molar-refractivity contribution in [3.8, 4) is 11.5 Å². The predicted molar refractivity (Wildman–Crippen MR) is 65.0 cm³/mol. The first kappa shape index (κ1) is 11.5. The van der Waals surface area contributed by atoms with Crippen LogP contribution in [0.4, 0.5) is 0 Å². The zero-order chi connectivity index (χ0) is 12.3. The Balaban J connectivity index is 2.22. The van der Waals surface area contributed by atoms with Crippen LogP contribution in [0.1, 0.15) is 25.4 Å². The molecule has 2 aromatic rings. The molecule has 1 aromatic heterocycles. The molecule has 2 rings (SSSR count). The number of nitrogens with zero attached hydrogens (tertiary/aromatic N) is 2. The summed E-state index contributed by atoms with van der Waals surface area (Å²) in [6.07, 6.45) is 4.27. The van der Waals surface area contributed by atoms with Crippen LogP contribution in [-0.4, -0.2) is 14.7 Å². The van der Waals surface area contributed by atoms with Gasteiger partial charge in [-0.25, -0.2) is 4.98 Å². The minimum atomic E-state index is -0.147. The molecule has 0 amide bonds. The second-order valence-electron chi connectivity index (χ2n) is 3.83. The third-order valence-electron chi connectivity index (χ3n) is 2.65. The van der Waals surface area contributed by atoms with Gasteiger partial charge >= 0.3 is 0 Å². The molecule has 0 saturated carbocycles. The summed E-state index contributed by atoms with van der Waals surface area (Å²) in [5.74, 6) is 1.54. The second kappa shape index (κ2) is 4.91. The SMILES string of the molecule is CCC(Oc1ccccc1O)n1ccnc1C. The molecule has 0 radical (unpaired) electrons. The molecule has 0 aliphatic carbocycles. The minimum Gasteiger partial charge on any atom is -0.504 e. The molecular formula is C13H16N2O2. The first-order chi connectivity index (χ1) is 8.22. The van der Waals surface area contributed by atoms with Crippen LogP contribution in [0.15, 0.2) is 36.7 Å². The summed E-state index contributed by atoms with van der Waals surface area (Å²) < 4.78 is 7.74. The van der Waals surface area contributed by atoms with Gasteiger partial charge in [0.05, 0.1) is 0 Å².